The van der Waals surface area contributed by atoms with Gasteiger partial charge in [-0.15, -0.1) is 0 Å². The molecule has 0 spiro atoms. The van der Waals surface area contributed by atoms with E-state index < -0.39 is 11.9 Å². The lowest BCUT2D eigenvalue weighted by Crippen LogP contribution is -2.22. The summed E-state index contributed by atoms with van der Waals surface area (Å²) in [5.41, 5.74) is 2.29. The van der Waals surface area contributed by atoms with Gasteiger partial charge in [-0.05, 0) is 35.9 Å². The number of esters is 1. The van der Waals surface area contributed by atoms with Crippen molar-refractivity contribution < 1.29 is 33.3 Å². The third kappa shape index (κ3) is 3.73. The van der Waals surface area contributed by atoms with Crippen LogP contribution in [0.15, 0.2) is 64.0 Å². The Morgan fingerprint density at radius 1 is 0.886 bits per heavy atom. The summed E-state index contributed by atoms with van der Waals surface area (Å²) in [6.07, 6.45) is 1.40. The molecule has 1 N–H and O–H groups in total. The molecule has 0 fully saturated rings. The van der Waals surface area contributed by atoms with E-state index in [9.17, 15) is 14.7 Å². The molecular formula is C27H22O8. The zero-order chi connectivity index (χ0) is 24.7. The third-order valence-corrected chi connectivity index (χ3v) is 6.17. The van der Waals surface area contributed by atoms with Crippen LogP contribution >= 0.6 is 0 Å². The Labute approximate surface area is 200 Å². The van der Waals surface area contributed by atoms with Crippen LogP contribution in [0.4, 0.5) is 0 Å². The van der Waals surface area contributed by atoms with Gasteiger partial charge in [-0.3, -0.25) is 9.59 Å². The highest BCUT2D eigenvalue weighted by Crippen LogP contribution is 2.48. The van der Waals surface area contributed by atoms with E-state index in [0.717, 1.165) is 0 Å². The minimum atomic E-state index is -0.521. The Morgan fingerprint density at radius 3 is 2.26 bits per heavy atom. The zero-order valence-corrected chi connectivity index (χ0v) is 19.3. The minimum absolute atomic E-state index is 0.0153. The molecule has 1 atom stereocenters. The molecule has 5 rings (SSSR count). The second-order valence-electron chi connectivity index (χ2n) is 8.06. The van der Waals surface area contributed by atoms with Gasteiger partial charge in [0.2, 0.25) is 5.43 Å². The highest BCUT2D eigenvalue weighted by molar-refractivity contribution is 5.90. The number of phenols is 1. The lowest BCUT2D eigenvalue weighted by atomic mass is 9.84. The van der Waals surface area contributed by atoms with E-state index in [2.05, 4.69) is 0 Å². The van der Waals surface area contributed by atoms with Gasteiger partial charge < -0.3 is 28.5 Å². The van der Waals surface area contributed by atoms with Gasteiger partial charge in [0.05, 0.1) is 38.7 Å². The molecule has 3 aromatic carbocycles. The average Bonchev–Trinajstić information content (AvgIpc) is 2.87. The van der Waals surface area contributed by atoms with Crippen molar-refractivity contribution in [3.05, 3.63) is 76.1 Å². The van der Waals surface area contributed by atoms with Crippen LogP contribution < -0.4 is 24.4 Å². The van der Waals surface area contributed by atoms with E-state index in [1.807, 2.05) is 0 Å². The van der Waals surface area contributed by atoms with E-state index in [1.54, 1.807) is 36.4 Å². The van der Waals surface area contributed by atoms with Gasteiger partial charge in [-0.1, -0.05) is 12.1 Å². The molecule has 0 unspecified atom stereocenters. The SMILES string of the molecule is COc1cc(OC)c([C@H]2CC(=O)Oc3ccc4c(=O)c(-c5ccc(O)cc5)coc4c32)cc1OC. The van der Waals surface area contributed by atoms with Crippen molar-refractivity contribution in [3.8, 4) is 39.9 Å². The standard InChI is InChI=1S/C27H22O8/c1-31-21-12-23(33-3)22(32-2)10-17(21)18-11-24(29)35-20-9-8-16-26(30)19(13-34-27(16)25(18)20)14-4-6-15(28)7-5-14/h4-10,12-13,18,28H,11H2,1-3H3/t18-/m1/s1. The number of benzene rings is 3. The van der Waals surface area contributed by atoms with E-state index in [0.29, 0.717) is 56.2 Å². The number of hydrogen-bond acceptors (Lipinski definition) is 8. The molecule has 8 heteroatoms. The van der Waals surface area contributed by atoms with Gasteiger partial charge in [0, 0.05) is 23.1 Å². The molecule has 1 aliphatic rings. The topological polar surface area (TPSA) is 104 Å². The number of methoxy groups -OCH3 is 3. The molecule has 8 nitrogen and oxygen atoms in total. The molecule has 0 aliphatic carbocycles. The summed E-state index contributed by atoms with van der Waals surface area (Å²) in [6, 6.07) is 12.9. The highest BCUT2D eigenvalue weighted by atomic mass is 16.5. The maximum absolute atomic E-state index is 13.4. The molecule has 2 heterocycles. The van der Waals surface area contributed by atoms with Crippen molar-refractivity contribution in [3.63, 3.8) is 0 Å². The van der Waals surface area contributed by atoms with Gasteiger partial charge in [-0.2, -0.15) is 0 Å². The summed E-state index contributed by atoms with van der Waals surface area (Å²) in [6.45, 7) is 0. The summed E-state index contributed by atoms with van der Waals surface area (Å²) in [5.74, 6) is 0.926. The fourth-order valence-electron chi connectivity index (χ4n) is 4.49. The molecule has 0 radical (unpaired) electrons. The number of hydrogen-bond donors (Lipinski definition) is 1. The fourth-order valence-corrected chi connectivity index (χ4v) is 4.49. The van der Waals surface area contributed by atoms with Crippen LogP contribution in [0.1, 0.15) is 23.5 Å². The van der Waals surface area contributed by atoms with Crippen molar-refractivity contribution in [2.45, 2.75) is 12.3 Å². The van der Waals surface area contributed by atoms with Crippen LogP contribution in [0.3, 0.4) is 0 Å². The van der Waals surface area contributed by atoms with Gasteiger partial charge in [0.15, 0.2) is 11.5 Å². The van der Waals surface area contributed by atoms with Crippen LogP contribution in [0.2, 0.25) is 0 Å². The van der Waals surface area contributed by atoms with Crippen molar-refractivity contribution in [1.82, 2.24) is 0 Å². The van der Waals surface area contributed by atoms with Crippen molar-refractivity contribution in [1.29, 1.82) is 0 Å². The molecule has 178 valence electrons. The van der Waals surface area contributed by atoms with E-state index in [4.69, 9.17) is 23.4 Å². The van der Waals surface area contributed by atoms with E-state index in [1.165, 1.54) is 39.7 Å². The van der Waals surface area contributed by atoms with Crippen LogP contribution in [-0.4, -0.2) is 32.4 Å². The zero-order valence-electron chi connectivity index (χ0n) is 19.3. The summed E-state index contributed by atoms with van der Waals surface area (Å²) >= 11 is 0. The van der Waals surface area contributed by atoms with E-state index >= 15 is 0 Å². The molecule has 0 bridgehead atoms. The first-order valence-electron chi connectivity index (χ1n) is 10.8. The van der Waals surface area contributed by atoms with Crippen molar-refractivity contribution in [2.24, 2.45) is 0 Å². The van der Waals surface area contributed by atoms with Crippen LogP contribution in [0, 0.1) is 0 Å². The Morgan fingerprint density at radius 2 is 1.57 bits per heavy atom. The number of phenolic OH excluding ortho intramolecular Hbond substituents is 1. The smallest absolute Gasteiger partial charge is 0.312 e. The van der Waals surface area contributed by atoms with Crippen molar-refractivity contribution in [2.75, 3.05) is 21.3 Å². The number of fused-ring (bicyclic) bond motifs is 3. The Kier molecular flexibility index (Phi) is 5.56. The van der Waals surface area contributed by atoms with Gasteiger partial charge in [-0.25, -0.2) is 0 Å². The molecule has 1 aromatic heterocycles. The molecule has 35 heavy (non-hydrogen) atoms. The third-order valence-electron chi connectivity index (χ3n) is 6.17. The minimum Gasteiger partial charge on any atom is -0.508 e. The number of aromatic hydroxyl groups is 1. The van der Waals surface area contributed by atoms with Gasteiger partial charge in [0.1, 0.15) is 29.1 Å². The monoisotopic (exact) mass is 474 g/mol. The number of carbonyl (C=O) groups is 1. The molecular weight excluding hydrogens is 452 g/mol. The van der Waals surface area contributed by atoms with Gasteiger partial charge >= 0.3 is 5.97 Å². The van der Waals surface area contributed by atoms with Crippen LogP contribution in [0.5, 0.6) is 28.7 Å². The Balaban J connectivity index is 1.74. The number of ether oxygens (including phenoxy) is 4. The second kappa shape index (κ2) is 8.72. The Bertz CT molecular complexity index is 1500. The summed E-state index contributed by atoms with van der Waals surface area (Å²) in [7, 11) is 4.58. The predicted molar refractivity (Wildman–Crippen MR) is 128 cm³/mol. The summed E-state index contributed by atoms with van der Waals surface area (Å²) in [5, 5.41) is 9.92. The van der Waals surface area contributed by atoms with Crippen molar-refractivity contribution >= 4 is 16.9 Å². The average molecular weight is 474 g/mol. The summed E-state index contributed by atoms with van der Waals surface area (Å²) < 4.78 is 28.0. The predicted octanol–water partition coefficient (Wildman–Crippen LogP) is 4.63. The molecule has 0 saturated heterocycles. The first kappa shape index (κ1) is 22.3. The molecule has 4 aromatic rings. The quantitative estimate of drug-likeness (QED) is 0.330. The van der Waals surface area contributed by atoms with Crippen LogP contribution in [0.25, 0.3) is 22.1 Å². The highest BCUT2D eigenvalue weighted by Gasteiger charge is 2.34. The Hall–Kier alpha value is -4.46. The normalized spacial score (nSPS) is 14.8. The van der Waals surface area contributed by atoms with Gasteiger partial charge in [0.25, 0.3) is 0 Å². The lowest BCUT2D eigenvalue weighted by molar-refractivity contribution is -0.135. The first-order valence-corrected chi connectivity index (χ1v) is 10.8. The molecule has 1 aliphatic heterocycles. The molecule has 0 amide bonds. The number of carbonyl (C=O) groups excluding carboxylic acids is 1. The fraction of sp³-hybridized carbons (Fsp3) is 0.185. The number of rotatable bonds is 5. The lowest BCUT2D eigenvalue weighted by Gasteiger charge is -2.27. The summed E-state index contributed by atoms with van der Waals surface area (Å²) in [4.78, 5) is 25.9. The van der Waals surface area contributed by atoms with E-state index in [-0.39, 0.29) is 17.6 Å². The maximum Gasteiger partial charge on any atom is 0.312 e. The largest absolute Gasteiger partial charge is 0.508 e. The first-order chi connectivity index (χ1) is 16.9. The maximum atomic E-state index is 13.4. The molecule has 0 saturated carbocycles. The van der Waals surface area contributed by atoms with Crippen LogP contribution in [-0.2, 0) is 4.79 Å². The second-order valence-corrected chi connectivity index (χ2v) is 8.06.